The maximum atomic E-state index is 12.3. The molecule has 0 aliphatic heterocycles. The number of ketones is 1. The fraction of sp³-hybridized carbons (Fsp3) is 0.0625. The summed E-state index contributed by atoms with van der Waals surface area (Å²) < 4.78 is 5.54. The molecular formula is C16H12BrClO2. The lowest BCUT2D eigenvalue weighted by Gasteiger charge is -2.03. The van der Waals surface area contributed by atoms with E-state index in [0.29, 0.717) is 15.1 Å². The van der Waals surface area contributed by atoms with Crippen LogP contribution in [0.15, 0.2) is 53.0 Å². The topological polar surface area (TPSA) is 26.3 Å². The van der Waals surface area contributed by atoms with E-state index < -0.39 is 0 Å². The highest BCUT2D eigenvalue weighted by Crippen LogP contribution is 2.23. The fourth-order valence-electron chi connectivity index (χ4n) is 1.69. The Balaban J connectivity index is 2.25. The van der Waals surface area contributed by atoms with Gasteiger partial charge in [0.05, 0.1) is 16.6 Å². The molecule has 0 heterocycles. The number of hydrogen-bond donors (Lipinski definition) is 0. The molecule has 0 radical (unpaired) electrons. The zero-order valence-electron chi connectivity index (χ0n) is 10.8. The van der Waals surface area contributed by atoms with Crippen molar-refractivity contribution in [2.24, 2.45) is 0 Å². The number of hydrogen-bond acceptors (Lipinski definition) is 2. The Kier molecular flexibility index (Phi) is 4.99. The highest BCUT2D eigenvalue weighted by molar-refractivity contribution is 9.12. The van der Waals surface area contributed by atoms with Gasteiger partial charge in [0.15, 0.2) is 0 Å². The first kappa shape index (κ1) is 14.8. The summed E-state index contributed by atoms with van der Waals surface area (Å²) in [6, 6.07) is 14.4. The minimum Gasteiger partial charge on any atom is -0.497 e. The van der Waals surface area contributed by atoms with E-state index in [1.54, 1.807) is 37.5 Å². The summed E-state index contributed by atoms with van der Waals surface area (Å²) in [7, 11) is 1.61. The fourth-order valence-corrected chi connectivity index (χ4v) is 2.39. The molecule has 0 aliphatic rings. The van der Waals surface area contributed by atoms with Crippen LogP contribution in [0.3, 0.4) is 0 Å². The van der Waals surface area contributed by atoms with Gasteiger partial charge < -0.3 is 4.74 Å². The summed E-state index contributed by atoms with van der Waals surface area (Å²) >= 11 is 9.33. The minimum absolute atomic E-state index is 0.147. The summed E-state index contributed by atoms with van der Waals surface area (Å²) in [4.78, 5) is 12.3. The molecule has 4 heteroatoms. The molecule has 2 aromatic carbocycles. The molecule has 2 nitrogen and oxygen atoms in total. The van der Waals surface area contributed by atoms with Crippen LogP contribution in [0.5, 0.6) is 5.75 Å². The van der Waals surface area contributed by atoms with Gasteiger partial charge in [0.2, 0.25) is 5.78 Å². The number of rotatable bonds is 4. The molecule has 2 rings (SSSR count). The van der Waals surface area contributed by atoms with Crippen LogP contribution in [-0.2, 0) is 0 Å². The van der Waals surface area contributed by atoms with Gasteiger partial charge in [0, 0.05) is 5.56 Å². The lowest BCUT2D eigenvalue weighted by Crippen LogP contribution is -1.99. The van der Waals surface area contributed by atoms with Gasteiger partial charge in [-0.15, -0.1) is 0 Å². The van der Waals surface area contributed by atoms with E-state index in [1.807, 2.05) is 24.3 Å². The van der Waals surface area contributed by atoms with Crippen molar-refractivity contribution in [1.29, 1.82) is 0 Å². The average molecular weight is 352 g/mol. The Morgan fingerprint density at radius 1 is 1.15 bits per heavy atom. The Labute approximate surface area is 131 Å². The summed E-state index contributed by atoms with van der Waals surface area (Å²) in [5.41, 5.74) is 1.38. The number of halogens is 2. The summed E-state index contributed by atoms with van der Waals surface area (Å²) in [5, 5.41) is 0.442. The third-order valence-corrected chi connectivity index (χ3v) is 3.66. The number of allylic oxidation sites excluding steroid dienone is 1. The first-order chi connectivity index (χ1) is 9.61. The maximum absolute atomic E-state index is 12.3. The van der Waals surface area contributed by atoms with Crippen LogP contribution in [0.2, 0.25) is 5.02 Å². The smallest absolute Gasteiger partial charge is 0.201 e. The number of Topliss-reactive ketones (excluding diaryl/α,β-unsaturated/α-hetero) is 1. The van der Waals surface area contributed by atoms with Crippen molar-refractivity contribution in [1.82, 2.24) is 0 Å². The van der Waals surface area contributed by atoms with Gasteiger partial charge in [-0.1, -0.05) is 35.9 Å². The number of ether oxygens (including phenoxy) is 1. The molecule has 0 bridgehead atoms. The van der Waals surface area contributed by atoms with Crippen LogP contribution in [0.4, 0.5) is 0 Å². The average Bonchev–Trinajstić information content (AvgIpc) is 2.48. The van der Waals surface area contributed by atoms with E-state index in [2.05, 4.69) is 15.9 Å². The zero-order chi connectivity index (χ0) is 14.5. The van der Waals surface area contributed by atoms with E-state index in [0.717, 1.165) is 11.3 Å². The molecule has 0 saturated heterocycles. The first-order valence-corrected chi connectivity index (χ1v) is 7.09. The zero-order valence-corrected chi connectivity index (χ0v) is 13.1. The monoisotopic (exact) mass is 350 g/mol. The van der Waals surface area contributed by atoms with Crippen molar-refractivity contribution >= 4 is 39.4 Å². The Hall–Kier alpha value is -1.58. The van der Waals surface area contributed by atoms with Gasteiger partial charge in [0.1, 0.15) is 5.75 Å². The summed E-state index contributed by atoms with van der Waals surface area (Å²) in [6.45, 7) is 0. The van der Waals surface area contributed by atoms with Crippen LogP contribution in [0.1, 0.15) is 15.9 Å². The van der Waals surface area contributed by atoms with E-state index in [-0.39, 0.29) is 5.78 Å². The van der Waals surface area contributed by atoms with Gasteiger partial charge in [-0.05, 0) is 51.8 Å². The van der Waals surface area contributed by atoms with Crippen LogP contribution in [-0.4, -0.2) is 12.9 Å². The second kappa shape index (κ2) is 6.73. The van der Waals surface area contributed by atoms with Crippen molar-refractivity contribution in [3.05, 3.63) is 69.2 Å². The Morgan fingerprint density at radius 2 is 1.80 bits per heavy atom. The number of carbonyl (C=O) groups is 1. The molecular weight excluding hydrogens is 340 g/mol. The second-order valence-corrected chi connectivity index (χ2v) is 5.34. The highest BCUT2D eigenvalue weighted by atomic mass is 79.9. The van der Waals surface area contributed by atoms with Crippen LogP contribution in [0.25, 0.3) is 6.08 Å². The van der Waals surface area contributed by atoms with Gasteiger partial charge >= 0.3 is 0 Å². The molecule has 2 aromatic rings. The molecule has 0 amide bonds. The SMILES string of the molecule is COc1ccc(C=C(Br)C(=O)c2ccccc2Cl)cc1. The van der Waals surface area contributed by atoms with Crippen LogP contribution < -0.4 is 4.74 Å². The molecule has 0 N–H and O–H groups in total. The normalized spacial score (nSPS) is 11.2. The van der Waals surface area contributed by atoms with Crippen LogP contribution in [0, 0.1) is 0 Å². The van der Waals surface area contributed by atoms with Gasteiger partial charge in [-0.2, -0.15) is 0 Å². The lowest BCUT2D eigenvalue weighted by atomic mass is 10.1. The molecule has 0 spiro atoms. The van der Waals surface area contributed by atoms with E-state index >= 15 is 0 Å². The third kappa shape index (κ3) is 3.50. The molecule has 0 fully saturated rings. The third-order valence-electron chi connectivity index (χ3n) is 2.74. The standard InChI is InChI=1S/C16H12BrClO2/c1-20-12-8-6-11(7-9-12)10-14(17)16(19)13-4-2-3-5-15(13)18/h2-10H,1H3. The number of carbonyl (C=O) groups excluding carboxylic acids is 1. The molecule has 0 aliphatic carbocycles. The quantitative estimate of drug-likeness (QED) is 0.574. The van der Waals surface area contributed by atoms with Crippen molar-refractivity contribution < 1.29 is 9.53 Å². The first-order valence-electron chi connectivity index (χ1n) is 5.92. The predicted octanol–water partition coefficient (Wildman–Crippen LogP) is 4.97. The van der Waals surface area contributed by atoms with Crippen molar-refractivity contribution in [2.45, 2.75) is 0 Å². The van der Waals surface area contributed by atoms with Gasteiger partial charge in [-0.25, -0.2) is 0 Å². The molecule has 102 valence electrons. The molecule has 0 atom stereocenters. The largest absolute Gasteiger partial charge is 0.497 e. The highest BCUT2D eigenvalue weighted by Gasteiger charge is 2.12. The Morgan fingerprint density at radius 3 is 2.40 bits per heavy atom. The predicted molar refractivity (Wildman–Crippen MR) is 85.7 cm³/mol. The number of benzene rings is 2. The number of methoxy groups -OCH3 is 1. The summed E-state index contributed by atoms with van der Waals surface area (Å²) in [5.74, 6) is 0.627. The van der Waals surface area contributed by atoms with Crippen LogP contribution >= 0.6 is 27.5 Å². The second-order valence-electron chi connectivity index (χ2n) is 4.07. The van der Waals surface area contributed by atoms with Gasteiger partial charge in [0.25, 0.3) is 0 Å². The summed E-state index contributed by atoms with van der Waals surface area (Å²) in [6.07, 6.45) is 1.76. The molecule has 0 unspecified atom stereocenters. The minimum atomic E-state index is -0.147. The van der Waals surface area contributed by atoms with Crippen molar-refractivity contribution in [2.75, 3.05) is 7.11 Å². The molecule has 0 aromatic heterocycles. The molecule has 0 saturated carbocycles. The Bertz CT molecular complexity index is 648. The maximum Gasteiger partial charge on any atom is 0.201 e. The van der Waals surface area contributed by atoms with E-state index in [1.165, 1.54) is 0 Å². The van der Waals surface area contributed by atoms with Crippen molar-refractivity contribution in [3.8, 4) is 5.75 Å². The van der Waals surface area contributed by atoms with E-state index in [9.17, 15) is 4.79 Å². The van der Waals surface area contributed by atoms with E-state index in [4.69, 9.17) is 16.3 Å². The lowest BCUT2D eigenvalue weighted by molar-refractivity contribution is 0.104. The van der Waals surface area contributed by atoms with Crippen molar-refractivity contribution in [3.63, 3.8) is 0 Å². The molecule has 20 heavy (non-hydrogen) atoms. The van der Waals surface area contributed by atoms with Gasteiger partial charge in [-0.3, -0.25) is 4.79 Å².